The minimum absolute atomic E-state index is 0.212. The van der Waals surface area contributed by atoms with Crippen LogP contribution in [0.3, 0.4) is 0 Å². The first-order valence-electron chi connectivity index (χ1n) is 7.08. The molecule has 0 aliphatic rings. The van der Waals surface area contributed by atoms with Crippen molar-refractivity contribution in [1.82, 2.24) is 4.90 Å². The first-order valence-corrected chi connectivity index (χ1v) is 7.08. The Labute approximate surface area is 116 Å². The highest BCUT2D eigenvalue weighted by Gasteiger charge is 2.10. The molecule has 1 rings (SSSR count). The van der Waals surface area contributed by atoms with Crippen LogP contribution in [-0.4, -0.2) is 37.4 Å². The third-order valence-electron chi connectivity index (χ3n) is 3.53. The smallest absolute Gasteiger partial charge is 0.164 e. The van der Waals surface area contributed by atoms with E-state index in [-0.39, 0.29) is 5.78 Å². The molecule has 0 fully saturated rings. The second-order valence-electron chi connectivity index (χ2n) is 4.58. The van der Waals surface area contributed by atoms with Gasteiger partial charge in [0.2, 0.25) is 0 Å². The third kappa shape index (κ3) is 4.35. The zero-order valence-electron chi connectivity index (χ0n) is 12.5. The average Bonchev–Trinajstić information content (AvgIpc) is 2.47. The highest BCUT2D eigenvalue weighted by atomic mass is 16.5. The topological polar surface area (TPSA) is 29.5 Å². The lowest BCUT2D eigenvalue weighted by Crippen LogP contribution is -2.25. The largest absolute Gasteiger partial charge is 0.496 e. The molecule has 0 amide bonds. The summed E-state index contributed by atoms with van der Waals surface area (Å²) < 4.78 is 5.28. The van der Waals surface area contributed by atoms with Gasteiger partial charge in [0, 0.05) is 18.5 Å². The zero-order chi connectivity index (χ0) is 14.3. The molecule has 19 heavy (non-hydrogen) atoms. The van der Waals surface area contributed by atoms with Gasteiger partial charge in [0.1, 0.15) is 5.75 Å². The summed E-state index contributed by atoms with van der Waals surface area (Å²) in [5, 5.41) is 0. The van der Waals surface area contributed by atoms with E-state index in [2.05, 4.69) is 25.7 Å². The van der Waals surface area contributed by atoms with Gasteiger partial charge in [0.05, 0.1) is 7.11 Å². The molecule has 0 N–H and O–H groups in total. The molecule has 1 aromatic rings. The predicted octanol–water partition coefficient (Wildman–Crippen LogP) is 3.17. The number of hydrogen-bond donors (Lipinski definition) is 0. The van der Waals surface area contributed by atoms with Gasteiger partial charge in [0.15, 0.2) is 5.78 Å². The van der Waals surface area contributed by atoms with E-state index in [9.17, 15) is 4.79 Å². The summed E-state index contributed by atoms with van der Waals surface area (Å²) in [6.45, 7) is 9.13. The quantitative estimate of drug-likeness (QED) is 0.675. The molecule has 0 saturated heterocycles. The molecule has 106 valence electrons. The summed E-state index contributed by atoms with van der Waals surface area (Å²) in [5.74, 6) is 1.08. The monoisotopic (exact) mass is 263 g/mol. The lowest BCUT2D eigenvalue weighted by Gasteiger charge is -2.17. The number of nitrogens with zero attached hydrogens (tertiary/aromatic N) is 1. The summed E-state index contributed by atoms with van der Waals surface area (Å²) in [4.78, 5) is 14.4. The molecule has 0 saturated carbocycles. The molecule has 3 heteroatoms. The lowest BCUT2D eigenvalue weighted by molar-refractivity contribution is 0.0966. The average molecular weight is 263 g/mol. The Balaban J connectivity index is 2.72. The van der Waals surface area contributed by atoms with E-state index in [0.717, 1.165) is 42.9 Å². The van der Waals surface area contributed by atoms with E-state index in [1.54, 1.807) is 7.11 Å². The fraction of sp³-hybridized carbons (Fsp3) is 0.562. The summed E-state index contributed by atoms with van der Waals surface area (Å²) >= 11 is 0. The summed E-state index contributed by atoms with van der Waals surface area (Å²) in [6.07, 6.45) is 1.46. The predicted molar refractivity (Wildman–Crippen MR) is 79.1 cm³/mol. The van der Waals surface area contributed by atoms with Gasteiger partial charge in [0.25, 0.3) is 0 Å². The van der Waals surface area contributed by atoms with Gasteiger partial charge in [-0.3, -0.25) is 4.79 Å². The number of carbonyl (C=O) groups is 1. The van der Waals surface area contributed by atoms with Crippen LogP contribution in [0, 0.1) is 0 Å². The van der Waals surface area contributed by atoms with Crippen molar-refractivity contribution in [3.63, 3.8) is 0 Å². The summed E-state index contributed by atoms with van der Waals surface area (Å²) in [5.41, 5.74) is 1.89. The molecule has 0 radical (unpaired) electrons. The number of ketones is 1. The fourth-order valence-corrected chi connectivity index (χ4v) is 2.17. The standard InChI is InChI=1S/C16H25NO2/c1-5-13-12-14(8-9-16(13)19-4)15(18)10-11-17(6-2)7-3/h8-9,12H,5-7,10-11H2,1-4H3. The van der Waals surface area contributed by atoms with Crippen LogP contribution in [0.15, 0.2) is 18.2 Å². The second kappa shape index (κ2) is 7.95. The molecule has 0 spiro atoms. The molecule has 0 heterocycles. The highest BCUT2D eigenvalue weighted by molar-refractivity contribution is 5.96. The van der Waals surface area contributed by atoms with Crippen LogP contribution < -0.4 is 4.74 Å². The van der Waals surface area contributed by atoms with E-state index in [1.165, 1.54) is 0 Å². The number of benzene rings is 1. The number of hydrogen-bond acceptors (Lipinski definition) is 3. The number of aryl methyl sites for hydroxylation is 1. The van der Waals surface area contributed by atoms with Crippen molar-refractivity contribution in [2.24, 2.45) is 0 Å². The molecule has 0 unspecified atom stereocenters. The van der Waals surface area contributed by atoms with Gasteiger partial charge in [-0.05, 0) is 43.3 Å². The Bertz CT molecular complexity index is 411. The molecule has 3 nitrogen and oxygen atoms in total. The second-order valence-corrected chi connectivity index (χ2v) is 4.58. The molecule has 0 aliphatic carbocycles. The Morgan fingerprint density at radius 1 is 1.21 bits per heavy atom. The first-order chi connectivity index (χ1) is 9.15. The van der Waals surface area contributed by atoms with Crippen molar-refractivity contribution in [3.05, 3.63) is 29.3 Å². The molecular weight excluding hydrogens is 238 g/mol. The lowest BCUT2D eigenvalue weighted by atomic mass is 10.0. The van der Waals surface area contributed by atoms with E-state index in [0.29, 0.717) is 6.42 Å². The Morgan fingerprint density at radius 2 is 1.89 bits per heavy atom. The molecular formula is C16H25NO2. The van der Waals surface area contributed by atoms with Crippen LogP contribution in [0.2, 0.25) is 0 Å². The van der Waals surface area contributed by atoms with Gasteiger partial charge in [-0.1, -0.05) is 20.8 Å². The Morgan fingerprint density at radius 3 is 2.42 bits per heavy atom. The van der Waals surface area contributed by atoms with Gasteiger partial charge < -0.3 is 9.64 Å². The molecule has 0 atom stereocenters. The third-order valence-corrected chi connectivity index (χ3v) is 3.53. The van der Waals surface area contributed by atoms with Crippen LogP contribution in [0.25, 0.3) is 0 Å². The number of rotatable bonds is 8. The van der Waals surface area contributed by atoms with Gasteiger partial charge in [-0.15, -0.1) is 0 Å². The number of methoxy groups -OCH3 is 1. The van der Waals surface area contributed by atoms with Crippen LogP contribution in [-0.2, 0) is 6.42 Å². The van der Waals surface area contributed by atoms with E-state index < -0.39 is 0 Å². The molecule has 0 aliphatic heterocycles. The van der Waals surface area contributed by atoms with Gasteiger partial charge in [-0.2, -0.15) is 0 Å². The van der Waals surface area contributed by atoms with Crippen molar-refractivity contribution in [1.29, 1.82) is 0 Å². The Kier molecular flexibility index (Phi) is 6.57. The molecule has 0 bridgehead atoms. The maximum atomic E-state index is 12.2. The minimum Gasteiger partial charge on any atom is -0.496 e. The van der Waals surface area contributed by atoms with E-state index in [1.807, 2.05) is 18.2 Å². The van der Waals surface area contributed by atoms with Crippen molar-refractivity contribution in [2.45, 2.75) is 33.6 Å². The highest BCUT2D eigenvalue weighted by Crippen LogP contribution is 2.21. The van der Waals surface area contributed by atoms with Gasteiger partial charge >= 0.3 is 0 Å². The number of ether oxygens (including phenoxy) is 1. The fourth-order valence-electron chi connectivity index (χ4n) is 2.17. The number of carbonyl (C=O) groups excluding carboxylic acids is 1. The van der Waals surface area contributed by atoms with Gasteiger partial charge in [-0.25, -0.2) is 0 Å². The number of Topliss-reactive ketones (excluding diaryl/α,β-unsaturated/α-hetero) is 1. The maximum absolute atomic E-state index is 12.2. The van der Waals surface area contributed by atoms with Crippen molar-refractivity contribution in [3.8, 4) is 5.75 Å². The molecule has 0 aromatic heterocycles. The van der Waals surface area contributed by atoms with Crippen molar-refractivity contribution >= 4 is 5.78 Å². The van der Waals surface area contributed by atoms with Crippen LogP contribution in [0.4, 0.5) is 0 Å². The minimum atomic E-state index is 0.212. The van der Waals surface area contributed by atoms with Crippen molar-refractivity contribution in [2.75, 3.05) is 26.7 Å². The van der Waals surface area contributed by atoms with Crippen molar-refractivity contribution < 1.29 is 9.53 Å². The van der Waals surface area contributed by atoms with Crippen LogP contribution in [0.5, 0.6) is 5.75 Å². The van der Waals surface area contributed by atoms with Crippen LogP contribution in [0.1, 0.15) is 43.1 Å². The SMILES string of the molecule is CCc1cc(C(=O)CCN(CC)CC)ccc1OC. The molecule has 1 aromatic carbocycles. The summed E-state index contributed by atoms with van der Waals surface area (Å²) in [6, 6.07) is 5.72. The maximum Gasteiger partial charge on any atom is 0.164 e. The Hall–Kier alpha value is -1.35. The normalized spacial score (nSPS) is 10.8. The summed E-state index contributed by atoms with van der Waals surface area (Å²) in [7, 11) is 1.66. The first kappa shape index (κ1) is 15.7. The zero-order valence-corrected chi connectivity index (χ0v) is 12.5. The van der Waals surface area contributed by atoms with E-state index >= 15 is 0 Å². The van der Waals surface area contributed by atoms with E-state index in [4.69, 9.17) is 4.74 Å². The van der Waals surface area contributed by atoms with Crippen LogP contribution >= 0.6 is 0 Å².